The minimum Gasteiger partial charge on any atom is -0.249 e. The molecular weight excluding hydrogens is 311 g/mol. The zero-order chi connectivity index (χ0) is 15.0. The molecule has 0 heterocycles. The quantitative estimate of drug-likeness (QED) is 0.722. The van der Waals surface area contributed by atoms with E-state index in [2.05, 4.69) is 0 Å². The highest BCUT2D eigenvalue weighted by Crippen LogP contribution is 2.29. The first-order valence-electron chi connectivity index (χ1n) is 6.26. The van der Waals surface area contributed by atoms with Gasteiger partial charge >= 0.3 is 0 Å². The fourth-order valence-corrected chi connectivity index (χ4v) is 3.79. The van der Waals surface area contributed by atoms with Gasteiger partial charge in [-0.25, -0.2) is 4.21 Å². The summed E-state index contributed by atoms with van der Waals surface area (Å²) in [4.78, 5) is 1.54. The van der Waals surface area contributed by atoms with Gasteiger partial charge in [0, 0.05) is 19.8 Å². The predicted octanol–water partition coefficient (Wildman–Crippen LogP) is 5.39. The van der Waals surface area contributed by atoms with Gasteiger partial charge in [0.1, 0.15) is 0 Å². The summed E-state index contributed by atoms with van der Waals surface area (Å²) < 4.78 is 12.7. The normalized spacial score (nSPS) is 11.2. The Balaban J connectivity index is 2.52. The third kappa shape index (κ3) is 2.93. The summed E-state index contributed by atoms with van der Waals surface area (Å²) in [6.07, 6.45) is 0. The van der Waals surface area contributed by atoms with E-state index in [-0.39, 0.29) is 0 Å². The van der Waals surface area contributed by atoms with Crippen molar-refractivity contribution in [2.24, 2.45) is 0 Å². The summed E-state index contributed by atoms with van der Waals surface area (Å²) in [7, 11) is -1.22. The second-order valence-electron chi connectivity index (χ2n) is 5.01. The van der Waals surface area contributed by atoms with E-state index in [1.165, 1.54) is 0 Å². The van der Waals surface area contributed by atoms with E-state index in [4.69, 9.17) is 23.2 Å². The van der Waals surface area contributed by atoms with Crippen molar-refractivity contribution in [2.45, 2.75) is 37.5 Å². The van der Waals surface area contributed by atoms with Gasteiger partial charge in [-0.05, 0) is 74.2 Å². The Labute approximate surface area is 132 Å². The molecule has 0 atom stereocenters. The molecule has 0 saturated carbocycles. The Hall–Kier alpha value is -0.830. The molecule has 0 aliphatic heterocycles. The Kier molecular flexibility index (Phi) is 4.58. The number of benzene rings is 2. The SMILES string of the molecule is Cc1cc(S(=O)c2cc(C)c(Cl)c(C)c2)cc(C)c1Cl. The Morgan fingerprint density at radius 1 is 0.700 bits per heavy atom. The fraction of sp³-hybridized carbons (Fsp3) is 0.250. The maximum atomic E-state index is 12.7. The Bertz CT molecular complexity index is 602. The van der Waals surface area contributed by atoms with Crippen LogP contribution in [0.25, 0.3) is 0 Å². The highest BCUT2D eigenvalue weighted by atomic mass is 35.5. The maximum absolute atomic E-state index is 12.7. The van der Waals surface area contributed by atoms with Crippen molar-refractivity contribution < 1.29 is 4.21 Å². The molecule has 2 aromatic rings. The zero-order valence-corrected chi connectivity index (χ0v) is 14.2. The highest BCUT2D eigenvalue weighted by molar-refractivity contribution is 7.85. The van der Waals surface area contributed by atoms with Crippen LogP contribution in [0.2, 0.25) is 10.0 Å². The first-order chi connectivity index (χ1) is 9.31. The standard InChI is InChI=1S/C16H16Cl2OS/c1-9-5-13(6-10(2)15(9)17)20(19)14-7-11(3)16(18)12(4)8-14/h5-8H,1-4H3. The van der Waals surface area contributed by atoms with Gasteiger partial charge < -0.3 is 0 Å². The summed E-state index contributed by atoms with van der Waals surface area (Å²) in [6, 6.07) is 7.52. The summed E-state index contributed by atoms with van der Waals surface area (Å²) >= 11 is 12.3. The first kappa shape index (κ1) is 15.6. The minimum atomic E-state index is -1.22. The lowest BCUT2D eigenvalue weighted by Gasteiger charge is -2.10. The smallest absolute Gasteiger partial charge is 0.0850 e. The molecule has 0 amide bonds. The lowest BCUT2D eigenvalue weighted by molar-refractivity contribution is 0.683. The number of hydrogen-bond acceptors (Lipinski definition) is 1. The molecule has 0 bridgehead atoms. The van der Waals surface area contributed by atoms with E-state index in [9.17, 15) is 4.21 Å². The molecule has 0 fully saturated rings. The van der Waals surface area contributed by atoms with Crippen LogP contribution in [0.3, 0.4) is 0 Å². The van der Waals surface area contributed by atoms with E-state index in [0.29, 0.717) is 0 Å². The molecule has 4 heteroatoms. The molecule has 2 rings (SSSR count). The van der Waals surface area contributed by atoms with Crippen molar-refractivity contribution in [3.63, 3.8) is 0 Å². The lowest BCUT2D eigenvalue weighted by Crippen LogP contribution is -1.97. The molecular formula is C16H16Cl2OS. The van der Waals surface area contributed by atoms with Crippen LogP contribution < -0.4 is 0 Å². The molecule has 106 valence electrons. The van der Waals surface area contributed by atoms with Crippen LogP contribution in [0, 0.1) is 27.7 Å². The van der Waals surface area contributed by atoms with Crippen molar-refractivity contribution in [3.05, 3.63) is 56.6 Å². The Morgan fingerprint density at radius 3 is 1.20 bits per heavy atom. The molecule has 0 N–H and O–H groups in total. The van der Waals surface area contributed by atoms with Gasteiger partial charge in [0.05, 0.1) is 10.8 Å². The zero-order valence-electron chi connectivity index (χ0n) is 11.9. The van der Waals surface area contributed by atoms with Crippen LogP contribution in [0.5, 0.6) is 0 Å². The average molecular weight is 327 g/mol. The third-order valence-corrected chi connectivity index (χ3v) is 5.77. The van der Waals surface area contributed by atoms with Gasteiger partial charge in [0.25, 0.3) is 0 Å². The van der Waals surface area contributed by atoms with Crippen LogP contribution >= 0.6 is 23.2 Å². The van der Waals surface area contributed by atoms with Gasteiger partial charge in [-0.2, -0.15) is 0 Å². The third-order valence-electron chi connectivity index (χ3n) is 3.25. The van der Waals surface area contributed by atoms with E-state index >= 15 is 0 Å². The van der Waals surface area contributed by atoms with Gasteiger partial charge in [-0.3, -0.25) is 0 Å². The molecule has 0 spiro atoms. The van der Waals surface area contributed by atoms with Crippen LogP contribution in [0.1, 0.15) is 22.3 Å². The molecule has 0 radical (unpaired) electrons. The largest absolute Gasteiger partial charge is 0.249 e. The predicted molar refractivity (Wildman–Crippen MR) is 86.5 cm³/mol. The number of hydrogen-bond donors (Lipinski definition) is 0. The number of halogens is 2. The van der Waals surface area contributed by atoms with E-state index in [0.717, 1.165) is 42.1 Å². The molecule has 20 heavy (non-hydrogen) atoms. The summed E-state index contributed by atoms with van der Waals surface area (Å²) in [5.74, 6) is 0. The number of aryl methyl sites for hydroxylation is 4. The van der Waals surface area contributed by atoms with Crippen molar-refractivity contribution in [1.82, 2.24) is 0 Å². The Morgan fingerprint density at radius 2 is 0.950 bits per heavy atom. The minimum absolute atomic E-state index is 0.731. The second kappa shape index (κ2) is 5.88. The van der Waals surface area contributed by atoms with Gasteiger partial charge in [-0.15, -0.1) is 0 Å². The molecule has 0 aromatic heterocycles. The average Bonchev–Trinajstić information content (AvgIpc) is 2.40. The molecule has 0 aliphatic rings. The second-order valence-corrected chi connectivity index (χ2v) is 7.25. The summed E-state index contributed by atoms with van der Waals surface area (Å²) in [5.41, 5.74) is 3.77. The van der Waals surface area contributed by atoms with Gasteiger partial charge in [0.2, 0.25) is 0 Å². The summed E-state index contributed by atoms with van der Waals surface area (Å²) in [6.45, 7) is 7.70. The lowest BCUT2D eigenvalue weighted by atomic mass is 10.1. The maximum Gasteiger partial charge on any atom is 0.0850 e. The van der Waals surface area contributed by atoms with Crippen molar-refractivity contribution in [3.8, 4) is 0 Å². The summed E-state index contributed by atoms with van der Waals surface area (Å²) in [5, 5.41) is 1.46. The highest BCUT2D eigenvalue weighted by Gasteiger charge is 2.13. The van der Waals surface area contributed by atoms with Crippen molar-refractivity contribution >= 4 is 34.0 Å². The fourth-order valence-electron chi connectivity index (χ4n) is 2.16. The van der Waals surface area contributed by atoms with Gasteiger partial charge in [0.15, 0.2) is 0 Å². The van der Waals surface area contributed by atoms with Crippen molar-refractivity contribution in [1.29, 1.82) is 0 Å². The molecule has 0 unspecified atom stereocenters. The molecule has 2 aromatic carbocycles. The van der Waals surface area contributed by atoms with E-state index < -0.39 is 10.8 Å². The van der Waals surface area contributed by atoms with Crippen LogP contribution in [0.15, 0.2) is 34.1 Å². The van der Waals surface area contributed by atoms with Crippen LogP contribution in [-0.4, -0.2) is 4.21 Å². The topological polar surface area (TPSA) is 17.1 Å². The molecule has 0 saturated heterocycles. The van der Waals surface area contributed by atoms with Crippen LogP contribution in [-0.2, 0) is 10.8 Å². The first-order valence-corrected chi connectivity index (χ1v) is 8.17. The van der Waals surface area contributed by atoms with E-state index in [1.54, 1.807) is 0 Å². The monoisotopic (exact) mass is 326 g/mol. The number of rotatable bonds is 2. The van der Waals surface area contributed by atoms with Crippen molar-refractivity contribution in [2.75, 3.05) is 0 Å². The molecule has 1 nitrogen and oxygen atoms in total. The molecule has 0 aliphatic carbocycles. The van der Waals surface area contributed by atoms with E-state index in [1.807, 2.05) is 52.0 Å². The van der Waals surface area contributed by atoms with Crippen LogP contribution in [0.4, 0.5) is 0 Å². The van der Waals surface area contributed by atoms with Gasteiger partial charge in [-0.1, -0.05) is 23.2 Å².